The summed E-state index contributed by atoms with van der Waals surface area (Å²) in [6.45, 7) is 8.39. The number of nitrogens with zero attached hydrogens (tertiary/aromatic N) is 3. The Labute approximate surface area is 173 Å². The van der Waals surface area contributed by atoms with E-state index in [1.165, 1.54) is 28.0 Å². The topological polar surface area (TPSA) is 103 Å². The Morgan fingerprint density at radius 1 is 1.39 bits per heavy atom. The molecule has 0 bridgehead atoms. The number of carbonyl (C=O) groups excluding carboxylic acids is 2. The molecule has 2 aromatic rings. The van der Waals surface area contributed by atoms with Crippen LogP contribution in [0.3, 0.4) is 0 Å². The first-order valence-corrected chi connectivity index (χ1v) is 11.4. The molecular formula is C19H27N5O2S2. The molecule has 152 valence electrons. The summed E-state index contributed by atoms with van der Waals surface area (Å²) in [6.07, 6.45) is 3.60. The number of carbonyl (C=O) groups is 2. The third-order valence-corrected chi connectivity index (χ3v) is 7.02. The Balaban J connectivity index is 1.72. The summed E-state index contributed by atoms with van der Waals surface area (Å²) >= 11 is 2.84. The summed E-state index contributed by atoms with van der Waals surface area (Å²) in [4.78, 5) is 25.7. The van der Waals surface area contributed by atoms with Crippen LogP contribution >= 0.6 is 23.1 Å². The normalized spacial score (nSPS) is 16.2. The first kappa shape index (κ1) is 20.9. The summed E-state index contributed by atoms with van der Waals surface area (Å²) in [5.74, 6) is 1.05. The van der Waals surface area contributed by atoms with Gasteiger partial charge in [0, 0.05) is 17.3 Å². The minimum absolute atomic E-state index is 0.171. The number of amides is 2. The van der Waals surface area contributed by atoms with E-state index in [0.717, 1.165) is 42.2 Å². The molecule has 3 N–H and O–H groups in total. The Kier molecular flexibility index (Phi) is 6.44. The highest BCUT2D eigenvalue weighted by atomic mass is 32.2. The highest BCUT2D eigenvalue weighted by Crippen LogP contribution is 2.39. The molecule has 0 saturated heterocycles. The lowest BCUT2D eigenvalue weighted by Crippen LogP contribution is -2.20. The highest BCUT2D eigenvalue weighted by molar-refractivity contribution is 7.99. The lowest BCUT2D eigenvalue weighted by atomic mass is 9.88. The van der Waals surface area contributed by atoms with Crippen LogP contribution in [-0.2, 0) is 24.1 Å². The van der Waals surface area contributed by atoms with Crippen LogP contribution in [0, 0.1) is 5.92 Å². The Bertz CT molecular complexity index is 887. The van der Waals surface area contributed by atoms with E-state index in [4.69, 9.17) is 5.73 Å². The van der Waals surface area contributed by atoms with E-state index in [-0.39, 0.29) is 17.7 Å². The van der Waals surface area contributed by atoms with Crippen LogP contribution in [0.15, 0.2) is 5.16 Å². The molecule has 1 aliphatic rings. The van der Waals surface area contributed by atoms with Gasteiger partial charge in [0.1, 0.15) is 10.8 Å². The van der Waals surface area contributed by atoms with Crippen LogP contribution in [0.25, 0.3) is 0 Å². The van der Waals surface area contributed by atoms with Gasteiger partial charge < -0.3 is 15.6 Å². The molecule has 1 atom stereocenters. The van der Waals surface area contributed by atoms with Gasteiger partial charge in [-0.25, -0.2) is 0 Å². The van der Waals surface area contributed by atoms with Gasteiger partial charge in [0.2, 0.25) is 5.91 Å². The smallest absolute Gasteiger partial charge is 0.251 e. The van der Waals surface area contributed by atoms with Crippen LogP contribution in [0.4, 0.5) is 5.00 Å². The van der Waals surface area contributed by atoms with E-state index in [1.54, 1.807) is 0 Å². The van der Waals surface area contributed by atoms with Gasteiger partial charge >= 0.3 is 0 Å². The number of rotatable bonds is 7. The third-order valence-electron chi connectivity index (χ3n) is 4.91. The van der Waals surface area contributed by atoms with Crippen molar-refractivity contribution in [3.05, 3.63) is 21.8 Å². The van der Waals surface area contributed by atoms with Crippen LogP contribution in [0.5, 0.6) is 0 Å². The number of nitrogens with one attached hydrogen (secondary N) is 1. The van der Waals surface area contributed by atoms with Crippen molar-refractivity contribution in [1.29, 1.82) is 0 Å². The van der Waals surface area contributed by atoms with Crippen LogP contribution in [0.1, 0.15) is 66.8 Å². The van der Waals surface area contributed by atoms with Gasteiger partial charge in [-0.2, -0.15) is 0 Å². The molecule has 0 saturated carbocycles. The summed E-state index contributed by atoms with van der Waals surface area (Å²) in [5.41, 5.74) is 7.13. The molecule has 0 radical (unpaired) electrons. The molecule has 0 aliphatic heterocycles. The maximum absolute atomic E-state index is 12.6. The zero-order valence-electron chi connectivity index (χ0n) is 16.7. The largest absolute Gasteiger partial charge is 0.365 e. The van der Waals surface area contributed by atoms with Crippen molar-refractivity contribution < 1.29 is 9.59 Å². The standard InChI is InChI=1S/C19H27N5O2S2/c1-5-14-22-23-19(24(14)10(2)3)27-9-15(25)21-18-16(17(20)26)12-7-6-11(4)8-13(12)28-18/h10-11H,5-9H2,1-4H3,(H2,20,26)(H,21,25). The van der Waals surface area contributed by atoms with E-state index < -0.39 is 5.91 Å². The summed E-state index contributed by atoms with van der Waals surface area (Å²) in [5, 5.41) is 12.6. The van der Waals surface area contributed by atoms with Gasteiger partial charge in [0.15, 0.2) is 5.16 Å². The predicted molar refractivity (Wildman–Crippen MR) is 113 cm³/mol. The lowest BCUT2D eigenvalue weighted by molar-refractivity contribution is -0.113. The fourth-order valence-corrected chi connectivity index (χ4v) is 5.88. The molecule has 3 rings (SSSR count). The lowest BCUT2D eigenvalue weighted by Gasteiger charge is -2.18. The summed E-state index contributed by atoms with van der Waals surface area (Å²) in [6, 6.07) is 0.225. The first-order chi connectivity index (χ1) is 13.3. The van der Waals surface area contributed by atoms with E-state index in [9.17, 15) is 9.59 Å². The number of nitrogens with two attached hydrogens (primary N) is 1. The Hall–Kier alpha value is -1.87. The molecular weight excluding hydrogens is 394 g/mol. The van der Waals surface area contributed by atoms with Crippen LogP contribution < -0.4 is 11.1 Å². The van der Waals surface area contributed by atoms with Crippen molar-refractivity contribution in [2.75, 3.05) is 11.1 Å². The van der Waals surface area contributed by atoms with Gasteiger partial charge in [0.25, 0.3) is 5.91 Å². The monoisotopic (exact) mass is 421 g/mol. The predicted octanol–water partition coefficient (Wildman–Crippen LogP) is 3.44. The van der Waals surface area contributed by atoms with Crippen molar-refractivity contribution in [3.8, 4) is 0 Å². The van der Waals surface area contributed by atoms with E-state index in [2.05, 4.69) is 40.9 Å². The number of anilines is 1. The second-order valence-electron chi connectivity index (χ2n) is 7.47. The average molecular weight is 422 g/mol. The van der Waals surface area contributed by atoms with Gasteiger partial charge in [0.05, 0.1) is 11.3 Å². The molecule has 9 heteroatoms. The minimum Gasteiger partial charge on any atom is -0.365 e. The van der Waals surface area contributed by atoms with Crippen LogP contribution in [-0.4, -0.2) is 32.3 Å². The Morgan fingerprint density at radius 3 is 2.79 bits per heavy atom. The molecule has 2 heterocycles. The SMILES string of the molecule is CCc1nnc(SCC(=O)Nc2sc3c(c2C(N)=O)CCC(C)C3)n1C(C)C. The highest BCUT2D eigenvalue weighted by Gasteiger charge is 2.27. The second kappa shape index (κ2) is 8.65. The third kappa shape index (κ3) is 4.25. The fourth-order valence-electron chi connectivity index (χ4n) is 3.56. The maximum atomic E-state index is 12.6. The zero-order chi connectivity index (χ0) is 20.4. The van der Waals surface area contributed by atoms with E-state index in [1.807, 2.05) is 6.92 Å². The summed E-state index contributed by atoms with van der Waals surface area (Å²) < 4.78 is 2.05. The molecule has 7 nitrogen and oxygen atoms in total. The number of primary amides is 1. The van der Waals surface area contributed by atoms with E-state index >= 15 is 0 Å². The number of thioether (sulfide) groups is 1. The Morgan fingerprint density at radius 2 is 2.14 bits per heavy atom. The zero-order valence-corrected chi connectivity index (χ0v) is 18.4. The first-order valence-electron chi connectivity index (χ1n) is 9.62. The molecule has 2 amide bonds. The molecule has 1 aliphatic carbocycles. The molecule has 0 fully saturated rings. The van der Waals surface area contributed by atoms with E-state index in [0.29, 0.717) is 16.5 Å². The molecule has 1 unspecified atom stereocenters. The molecule has 0 aromatic carbocycles. The van der Waals surface area contributed by atoms with Crippen molar-refractivity contribution in [3.63, 3.8) is 0 Å². The quantitative estimate of drug-likeness (QED) is 0.667. The van der Waals surface area contributed by atoms with Gasteiger partial charge in [-0.1, -0.05) is 25.6 Å². The fraction of sp³-hybridized carbons (Fsp3) is 0.579. The number of hydrogen-bond donors (Lipinski definition) is 2. The van der Waals surface area contributed by atoms with Gasteiger partial charge in [-0.15, -0.1) is 21.5 Å². The molecule has 0 spiro atoms. The number of hydrogen-bond acceptors (Lipinski definition) is 6. The average Bonchev–Trinajstić information content (AvgIpc) is 3.19. The number of thiophene rings is 1. The van der Waals surface area contributed by atoms with Crippen LogP contribution in [0.2, 0.25) is 0 Å². The minimum atomic E-state index is -0.470. The maximum Gasteiger partial charge on any atom is 0.251 e. The summed E-state index contributed by atoms with van der Waals surface area (Å²) in [7, 11) is 0. The molecule has 2 aromatic heterocycles. The van der Waals surface area contributed by atoms with Crippen molar-refractivity contribution in [2.45, 2.75) is 64.6 Å². The van der Waals surface area contributed by atoms with Gasteiger partial charge in [-0.3, -0.25) is 9.59 Å². The van der Waals surface area contributed by atoms with Gasteiger partial charge in [-0.05, 0) is 44.6 Å². The molecule has 28 heavy (non-hydrogen) atoms. The number of aromatic nitrogens is 3. The van der Waals surface area contributed by atoms with Crippen molar-refractivity contribution >= 4 is 39.9 Å². The second-order valence-corrected chi connectivity index (χ2v) is 9.52. The van der Waals surface area contributed by atoms with Crippen molar-refractivity contribution in [2.24, 2.45) is 11.7 Å². The number of fused-ring (bicyclic) bond motifs is 1. The van der Waals surface area contributed by atoms with Crippen molar-refractivity contribution in [1.82, 2.24) is 14.8 Å². The number of aryl methyl sites for hydroxylation is 1.